The van der Waals surface area contributed by atoms with Crippen molar-refractivity contribution in [2.24, 2.45) is 11.7 Å². The van der Waals surface area contributed by atoms with E-state index >= 15 is 0 Å². The van der Waals surface area contributed by atoms with Gasteiger partial charge >= 0.3 is 0 Å². The van der Waals surface area contributed by atoms with Crippen LogP contribution in [0.3, 0.4) is 0 Å². The Morgan fingerprint density at radius 2 is 2.19 bits per heavy atom. The average Bonchev–Trinajstić information content (AvgIpc) is 2.99. The lowest BCUT2D eigenvalue weighted by atomic mass is 9.79. The molecule has 0 heterocycles. The second kappa shape index (κ2) is 4.00. The molecule has 0 aromatic heterocycles. The van der Waals surface area contributed by atoms with E-state index in [0.717, 1.165) is 25.7 Å². The van der Waals surface area contributed by atoms with E-state index < -0.39 is 5.54 Å². The number of carbonyl (C=O) groups excluding carboxylic acids is 1. The molecule has 92 valence electrons. The Morgan fingerprint density at radius 3 is 2.56 bits per heavy atom. The van der Waals surface area contributed by atoms with Gasteiger partial charge < -0.3 is 15.8 Å². The molecule has 4 heteroatoms. The fourth-order valence-electron chi connectivity index (χ4n) is 2.32. The standard InChI is InChI=1S/C12H22N2O2/c1-11(13,9-4-5-9)10(15)14-8-12(16-2)6-3-7-12/h9H,3-8,13H2,1-2H3,(H,14,15). The molecular weight excluding hydrogens is 204 g/mol. The van der Waals surface area contributed by atoms with Crippen molar-refractivity contribution in [2.75, 3.05) is 13.7 Å². The maximum atomic E-state index is 12.0. The molecule has 1 amide bonds. The molecule has 0 aromatic rings. The highest BCUT2D eigenvalue weighted by molar-refractivity contribution is 5.86. The third kappa shape index (κ3) is 2.09. The van der Waals surface area contributed by atoms with Gasteiger partial charge in [0.05, 0.1) is 11.1 Å². The molecule has 1 unspecified atom stereocenters. The van der Waals surface area contributed by atoms with Gasteiger partial charge in [-0.2, -0.15) is 0 Å². The highest BCUT2D eigenvalue weighted by Crippen LogP contribution is 2.38. The van der Waals surface area contributed by atoms with Crippen LogP contribution in [0.15, 0.2) is 0 Å². The molecule has 2 rings (SSSR count). The molecule has 16 heavy (non-hydrogen) atoms. The molecule has 0 spiro atoms. The molecule has 1 atom stereocenters. The first-order valence-electron chi connectivity index (χ1n) is 6.12. The molecular formula is C12H22N2O2. The third-order valence-corrected chi connectivity index (χ3v) is 4.18. The summed E-state index contributed by atoms with van der Waals surface area (Å²) in [4.78, 5) is 12.0. The van der Waals surface area contributed by atoms with Gasteiger partial charge in [-0.05, 0) is 44.9 Å². The summed E-state index contributed by atoms with van der Waals surface area (Å²) in [6.07, 6.45) is 5.42. The summed E-state index contributed by atoms with van der Waals surface area (Å²) in [6, 6.07) is 0. The first-order chi connectivity index (χ1) is 7.50. The van der Waals surface area contributed by atoms with Gasteiger partial charge in [0, 0.05) is 13.7 Å². The number of nitrogens with one attached hydrogen (secondary N) is 1. The molecule has 0 aromatic carbocycles. The predicted octanol–water partition coefficient (Wildman–Crippen LogP) is 0.799. The Labute approximate surface area is 96.9 Å². The number of hydrogen-bond donors (Lipinski definition) is 2. The summed E-state index contributed by atoms with van der Waals surface area (Å²) in [5, 5.41) is 2.95. The molecule has 3 N–H and O–H groups in total. The van der Waals surface area contributed by atoms with Crippen LogP contribution in [0.5, 0.6) is 0 Å². The summed E-state index contributed by atoms with van der Waals surface area (Å²) < 4.78 is 5.46. The number of hydrogen-bond acceptors (Lipinski definition) is 3. The van der Waals surface area contributed by atoms with E-state index in [2.05, 4.69) is 5.32 Å². The Kier molecular flexibility index (Phi) is 2.97. The van der Waals surface area contributed by atoms with Crippen LogP contribution >= 0.6 is 0 Å². The molecule has 0 aliphatic heterocycles. The van der Waals surface area contributed by atoms with Crippen molar-refractivity contribution in [3.8, 4) is 0 Å². The zero-order valence-corrected chi connectivity index (χ0v) is 10.2. The maximum absolute atomic E-state index is 12.0. The molecule has 2 saturated carbocycles. The molecule has 4 nitrogen and oxygen atoms in total. The van der Waals surface area contributed by atoms with Crippen LogP contribution < -0.4 is 11.1 Å². The monoisotopic (exact) mass is 226 g/mol. The molecule has 2 aliphatic carbocycles. The van der Waals surface area contributed by atoms with E-state index in [-0.39, 0.29) is 11.5 Å². The van der Waals surface area contributed by atoms with Crippen LogP contribution in [-0.2, 0) is 9.53 Å². The Hall–Kier alpha value is -0.610. The van der Waals surface area contributed by atoms with Gasteiger partial charge in [-0.3, -0.25) is 4.79 Å². The number of amides is 1. The van der Waals surface area contributed by atoms with Gasteiger partial charge in [0.1, 0.15) is 0 Å². The Morgan fingerprint density at radius 1 is 1.56 bits per heavy atom. The zero-order chi connectivity index (χ0) is 11.8. The van der Waals surface area contributed by atoms with E-state index in [4.69, 9.17) is 10.5 Å². The van der Waals surface area contributed by atoms with E-state index in [1.165, 1.54) is 6.42 Å². The highest BCUT2D eigenvalue weighted by Gasteiger charge is 2.45. The van der Waals surface area contributed by atoms with E-state index in [1.807, 2.05) is 6.92 Å². The molecule has 2 aliphatic rings. The lowest BCUT2D eigenvalue weighted by Crippen LogP contribution is -2.57. The first-order valence-corrected chi connectivity index (χ1v) is 6.12. The lowest BCUT2D eigenvalue weighted by molar-refractivity contribution is -0.130. The Bertz CT molecular complexity index is 275. The van der Waals surface area contributed by atoms with Crippen molar-refractivity contribution >= 4 is 5.91 Å². The number of rotatable bonds is 5. The van der Waals surface area contributed by atoms with Crippen molar-refractivity contribution in [1.29, 1.82) is 0 Å². The molecule has 0 saturated heterocycles. The predicted molar refractivity (Wildman–Crippen MR) is 61.9 cm³/mol. The van der Waals surface area contributed by atoms with E-state index in [9.17, 15) is 4.79 Å². The number of ether oxygens (including phenoxy) is 1. The van der Waals surface area contributed by atoms with Gasteiger partial charge in [-0.15, -0.1) is 0 Å². The van der Waals surface area contributed by atoms with Gasteiger partial charge in [0.25, 0.3) is 0 Å². The summed E-state index contributed by atoms with van der Waals surface area (Å²) in [7, 11) is 1.72. The largest absolute Gasteiger partial charge is 0.376 e. The van der Waals surface area contributed by atoms with Crippen LogP contribution in [0.1, 0.15) is 39.0 Å². The van der Waals surface area contributed by atoms with Gasteiger partial charge in [-0.1, -0.05) is 0 Å². The van der Waals surface area contributed by atoms with E-state index in [1.54, 1.807) is 7.11 Å². The number of nitrogens with two attached hydrogens (primary N) is 1. The average molecular weight is 226 g/mol. The molecule has 2 fully saturated rings. The van der Waals surface area contributed by atoms with Crippen LogP contribution in [0.4, 0.5) is 0 Å². The zero-order valence-electron chi connectivity index (χ0n) is 10.2. The second-order valence-corrected chi connectivity index (χ2v) is 5.48. The molecule has 0 radical (unpaired) electrons. The summed E-state index contributed by atoms with van der Waals surface area (Å²) in [5.74, 6) is 0.339. The minimum atomic E-state index is -0.696. The minimum Gasteiger partial charge on any atom is -0.376 e. The topological polar surface area (TPSA) is 64.3 Å². The normalized spacial score (nSPS) is 26.7. The Balaban J connectivity index is 1.83. The fourth-order valence-corrected chi connectivity index (χ4v) is 2.32. The van der Waals surface area contributed by atoms with Crippen molar-refractivity contribution in [3.63, 3.8) is 0 Å². The van der Waals surface area contributed by atoms with Crippen LogP contribution in [0.2, 0.25) is 0 Å². The van der Waals surface area contributed by atoms with Crippen molar-refractivity contribution < 1.29 is 9.53 Å². The highest BCUT2D eigenvalue weighted by atomic mass is 16.5. The van der Waals surface area contributed by atoms with Crippen molar-refractivity contribution in [1.82, 2.24) is 5.32 Å². The van der Waals surface area contributed by atoms with Crippen LogP contribution in [0.25, 0.3) is 0 Å². The van der Waals surface area contributed by atoms with E-state index in [0.29, 0.717) is 12.5 Å². The number of methoxy groups -OCH3 is 1. The first kappa shape index (κ1) is 11.9. The summed E-state index contributed by atoms with van der Waals surface area (Å²) >= 11 is 0. The van der Waals surface area contributed by atoms with Gasteiger partial charge in [0.15, 0.2) is 0 Å². The summed E-state index contributed by atoms with van der Waals surface area (Å²) in [6.45, 7) is 2.43. The van der Waals surface area contributed by atoms with Crippen molar-refractivity contribution in [2.45, 2.75) is 50.2 Å². The van der Waals surface area contributed by atoms with Gasteiger partial charge in [0.2, 0.25) is 5.91 Å². The maximum Gasteiger partial charge on any atom is 0.240 e. The third-order valence-electron chi connectivity index (χ3n) is 4.18. The second-order valence-electron chi connectivity index (χ2n) is 5.48. The SMILES string of the molecule is COC1(CNC(=O)C(C)(N)C2CC2)CCC1. The number of carbonyl (C=O) groups is 1. The quantitative estimate of drug-likeness (QED) is 0.728. The minimum absolute atomic E-state index is 0.0293. The summed E-state index contributed by atoms with van der Waals surface area (Å²) in [5.41, 5.74) is 5.23. The van der Waals surface area contributed by atoms with Crippen LogP contribution in [-0.4, -0.2) is 30.7 Å². The van der Waals surface area contributed by atoms with Crippen molar-refractivity contribution in [3.05, 3.63) is 0 Å². The fraction of sp³-hybridized carbons (Fsp3) is 0.917. The van der Waals surface area contributed by atoms with Gasteiger partial charge in [-0.25, -0.2) is 0 Å². The smallest absolute Gasteiger partial charge is 0.240 e. The molecule has 0 bridgehead atoms. The van der Waals surface area contributed by atoms with Crippen LogP contribution in [0, 0.1) is 5.92 Å². The lowest BCUT2D eigenvalue weighted by Gasteiger charge is -2.41.